The van der Waals surface area contributed by atoms with Crippen LogP contribution in [0.5, 0.6) is 0 Å². The molecular weight excluding hydrogens is 439 g/mol. The average Bonchev–Trinajstić information content (AvgIpc) is 3.25. The van der Waals surface area contributed by atoms with Gasteiger partial charge in [-0.25, -0.2) is 14.5 Å². The molecule has 2 aromatic carbocycles. The molecule has 2 aromatic rings. The zero-order valence-electron chi connectivity index (χ0n) is 16.6. The molecule has 0 aromatic heterocycles. The zero-order valence-corrected chi connectivity index (χ0v) is 18.1. The van der Waals surface area contributed by atoms with Gasteiger partial charge in [-0.2, -0.15) is 0 Å². The summed E-state index contributed by atoms with van der Waals surface area (Å²) >= 11 is 12.1. The lowest BCUT2D eigenvalue weighted by molar-refractivity contribution is -0.131. The normalized spacial score (nSPS) is 20.1. The number of fused-ring (bicyclic) bond motifs is 1. The Morgan fingerprint density at radius 2 is 1.81 bits per heavy atom. The van der Waals surface area contributed by atoms with Crippen LogP contribution in [0, 0.1) is 6.57 Å². The van der Waals surface area contributed by atoms with Crippen LogP contribution in [0.25, 0.3) is 4.85 Å². The Balaban J connectivity index is 1.53. The Bertz CT molecular complexity index is 1070. The molecule has 31 heavy (non-hydrogen) atoms. The summed E-state index contributed by atoms with van der Waals surface area (Å²) in [5.74, 6) is -0.491. The molecule has 0 radical (unpaired) electrons. The summed E-state index contributed by atoms with van der Waals surface area (Å²) in [7, 11) is 0. The smallest absolute Gasteiger partial charge is 0.332 e. The fraction of sp³-hybridized carbons (Fsp3) is 0.273. The van der Waals surface area contributed by atoms with Gasteiger partial charge in [0.2, 0.25) is 5.91 Å². The Kier molecular flexibility index (Phi) is 5.61. The fourth-order valence-corrected chi connectivity index (χ4v) is 4.65. The quantitative estimate of drug-likeness (QED) is 0.502. The van der Waals surface area contributed by atoms with E-state index in [4.69, 9.17) is 29.8 Å². The van der Waals surface area contributed by atoms with Crippen LogP contribution >= 0.6 is 23.2 Å². The Morgan fingerprint density at radius 3 is 2.35 bits per heavy atom. The van der Waals surface area contributed by atoms with Crippen molar-refractivity contribution in [3.8, 4) is 0 Å². The largest absolute Gasteiger partial charge is 0.334 e. The summed E-state index contributed by atoms with van der Waals surface area (Å²) in [5, 5.41) is 0.667. The predicted octanol–water partition coefficient (Wildman–Crippen LogP) is 4.50. The van der Waals surface area contributed by atoms with Crippen LogP contribution in [0.2, 0.25) is 10.0 Å². The number of hydrogen-bond donors (Lipinski definition) is 0. The SMILES string of the molecule is [C-]#[N+]c1ccc(CN(C(C)=O)[C@H]2C[C@H]3C(=O)N(c4cc(Cl)cc(Cl)c4)C(=O)N3C2)cc1. The molecule has 7 nitrogen and oxygen atoms in total. The maximum atomic E-state index is 13.0. The molecule has 2 heterocycles. The second-order valence-electron chi connectivity index (χ2n) is 7.57. The number of carbonyl (C=O) groups is 3. The van der Waals surface area contributed by atoms with Crippen LogP contribution in [0.15, 0.2) is 42.5 Å². The highest BCUT2D eigenvalue weighted by atomic mass is 35.5. The minimum absolute atomic E-state index is 0.140. The van der Waals surface area contributed by atoms with Gasteiger partial charge in [-0.15, -0.1) is 0 Å². The van der Waals surface area contributed by atoms with Crippen molar-refractivity contribution >= 4 is 52.4 Å². The molecule has 2 aliphatic heterocycles. The Morgan fingerprint density at radius 1 is 1.16 bits per heavy atom. The minimum Gasteiger partial charge on any atom is -0.334 e. The van der Waals surface area contributed by atoms with Crippen LogP contribution in [0.3, 0.4) is 0 Å². The molecule has 4 rings (SSSR count). The average molecular weight is 457 g/mol. The van der Waals surface area contributed by atoms with Crippen LogP contribution in [0.4, 0.5) is 16.2 Å². The molecule has 0 saturated carbocycles. The maximum absolute atomic E-state index is 13.0. The van der Waals surface area contributed by atoms with Gasteiger partial charge in [-0.05, 0) is 30.2 Å². The zero-order chi connectivity index (χ0) is 22.3. The third-order valence-corrected chi connectivity index (χ3v) is 6.03. The molecule has 0 aliphatic carbocycles. The Hall–Kier alpha value is -3.08. The number of benzene rings is 2. The fourth-order valence-electron chi connectivity index (χ4n) is 4.13. The van der Waals surface area contributed by atoms with Crippen molar-refractivity contribution < 1.29 is 14.4 Å². The molecule has 4 amide bonds. The van der Waals surface area contributed by atoms with Crippen molar-refractivity contribution in [3.05, 3.63) is 69.5 Å². The number of halogens is 2. The number of imide groups is 1. The molecule has 2 fully saturated rings. The van der Waals surface area contributed by atoms with E-state index in [9.17, 15) is 14.4 Å². The number of urea groups is 1. The first-order valence-electron chi connectivity index (χ1n) is 9.62. The van der Waals surface area contributed by atoms with Gasteiger partial charge in [0.15, 0.2) is 5.69 Å². The van der Waals surface area contributed by atoms with E-state index in [2.05, 4.69) is 4.85 Å². The van der Waals surface area contributed by atoms with Crippen LogP contribution < -0.4 is 4.90 Å². The first-order chi connectivity index (χ1) is 14.8. The van der Waals surface area contributed by atoms with E-state index in [0.717, 1.165) is 10.5 Å². The van der Waals surface area contributed by atoms with Gasteiger partial charge in [0.05, 0.1) is 18.3 Å². The van der Waals surface area contributed by atoms with Gasteiger partial charge in [0, 0.05) is 30.1 Å². The number of carbonyl (C=O) groups excluding carboxylic acids is 3. The van der Waals surface area contributed by atoms with E-state index >= 15 is 0 Å². The summed E-state index contributed by atoms with van der Waals surface area (Å²) < 4.78 is 0. The number of nitrogens with zero attached hydrogens (tertiary/aromatic N) is 4. The van der Waals surface area contributed by atoms with E-state index in [-0.39, 0.29) is 24.4 Å². The van der Waals surface area contributed by atoms with Gasteiger partial charge in [0.25, 0.3) is 5.91 Å². The highest BCUT2D eigenvalue weighted by Crippen LogP contribution is 2.35. The lowest BCUT2D eigenvalue weighted by Crippen LogP contribution is -2.43. The van der Waals surface area contributed by atoms with E-state index < -0.39 is 12.1 Å². The molecule has 0 unspecified atom stereocenters. The van der Waals surface area contributed by atoms with Crippen LogP contribution in [-0.4, -0.2) is 46.3 Å². The topological polar surface area (TPSA) is 65.3 Å². The lowest BCUT2D eigenvalue weighted by Gasteiger charge is -2.29. The Labute approximate surface area is 189 Å². The van der Waals surface area contributed by atoms with E-state index in [1.165, 1.54) is 30.0 Å². The molecule has 0 spiro atoms. The first kappa shape index (κ1) is 21.2. The molecule has 0 bridgehead atoms. The third kappa shape index (κ3) is 3.97. The van der Waals surface area contributed by atoms with Crippen molar-refractivity contribution in [2.24, 2.45) is 0 Å². The second kappa shape index (κ2) is 8.22. The van der Waals surface area contributed by atoms with Crippen LogP contribution in [0.1, 0.15) is 18.9 Å². The van der Waals surface area contributed by atoms with Crippen molar-refractivity contribution in [3.63, 3.8) is 0 Å². The summed E-state index contributed by atoms with van der Waals surface area (Å²) in [6, 6.07) is 10.2. The molecular formula is C22H18Cl2N4O3. The van der Waals surface area contributed by atoms with Gasteiger partial charge in [0.1, 0.15) is 6.04 Å². The van der Waals surface area contributed by atoms with E-state index in [0.29, 0.717) is 34.4 Å². The van der Waals surface area contributed by atoms with Gasteiger partial charge >= 0.3 is 6.03 Å². The standard InChI is InChI=1S/C22H18Cl2N4O3/c1-13(29)26(11-14-3-5-17(25-2)6-4-14)19-10-20-21(30)28(22(31)27(20)12-19)18-8-15(23)7-16(24)9-18/h3-9,19-20H,10-12H2,1H3/t19-,20-/m0/s1. The lowest BCUT2D eigenvalue weighted by atomic mass is 10.1. The second-order valence-corrected chi connectivity index (χ2v) is 8.44. The van der Waals surface area contributed by atoms with Crippen molar-refractivity contribution in [1.82, 2.24) is 9.80 Å². The highest BCUT2D eigenvalue weighted by molar-refractivity contribution is 6.35. The predicted molar refractivity (Wildman–Crippen MR) is 117 cm³/mol. The molecule has 158 valence electrons. The van der Waals surface area contributed by atoms with Crippen LogP contribution in [-0.2, 0) is 16.1 Å². The number of anilines is 1. The third-order valence-electron chi connectivity index (χ3n) is 5.59. The van der Waals surface area contributed by atoms with Gasteiger partial charge < -0.3 is 9.80 Å². The maximum Gasteiger partial charge on any atom is 0.332 e. The van der Waals surface area contributed by atoms with E-state index in [1.807, 2.05) is 0 Å². The highest BCUT2D eigenvalue weighted by Gasteiger charge is 2.52. The number of rotatable bonds is 4. The molecule has 2 atom stereocenters. The summed E-state index contributed by atoms with van der Waals surface area (Å²) in [6.07, 6.45) is 0.356. The number of hydrogen-bond acceptors (Lipinski definition) is 3. The van der Waals surface area contributed by atoms with Crippen molar-refractivity contribution in [1.29, 1.82) is 0 Å². The minimum atomic E-state index is -0.637. The van der Waals surface area contributed by atoms with Crippen molar-refractivity contribution in [2.45, 2.75) is 32.0 Å². The molecule has 0 N–H and O–H groups in total. The van der Waals surface area contributed by atoms with Crippen molar-refractivity contribution in [2.75, 3.05) is 11.4 Å². The summed E-state index contributed by atoms with van der Waals surface area (Å²) in [5.41, 5.74) is 1.74. The summed E-state index contributed by atoms with van der Waals surface area (Å²) in [4.78, 5) is 46.0. The monoisotopic (exact) mass is 456 g/mol. The first-order valence-corrected chi connectivity index (χ1v) is 10.4. The molecule has 2 saturated heterocycles. The summed E-state index contributed by atoms with van der Waals surface area (Å²) in [6.45, 7) is 9.12. The van der Waals surface area contributed by atoms with Gasteiger partial charge in [-0.3, -0.25) is 9.59 Å². The number of amides is 4. The molecule has 9 heteroatoms. The van der Waals surface area contributed by atoms with Gasteiger partial charge in [-0.1, -0.05) is 47.5 Å². The molecule has 2 aliphatic rings. The van der Waals surface area contributed by atoms with E-state index in [1.54, 1.807) is 29.2 Å².